The van der Waals surface area contributed by atoms with Gasteiger partial charge in [-0.1, -0.05) is 32.9 Å². The van der Waals surface area contributed by atoms with E-state index in [0.29, 0.717) is 18.2 Å². The second kappa shape index (κ2) is 7.68. The second-order valence-corrected chi connectivity index (χ2v) is 7.08. The van der Waals surface area contributed by atoms with Crippen LogP contribution in [0.2, 0.25) is 0 Å². The molecule has 0 saturated heterocycles. The molecule has 2 aromatic rings. The predicted molar refractivity (Wildman–Crippen MR) is 107 cm³/mol. The summed E-state index contributed by atoms with van der Waals surface area (Å²) >= 11 is 0. The molecular formula is C21H27N3O2. The highest BCUT2D eigenvalue weighted by Crippen LogP contribution is 2.35. The van der Waals surface area contributed by atoms with Crippen molar-refractivity contribution in [2.24, 2.45) is 0 Å². The number of hydrogen-bond donors (Lipinski definition) is 2. The van der Waals surface area contributed by atoms with Gasteiger partial charge in [0.15, 0.2) is 0 Å². The molecule has 0 bridgehead atoms. The van der Waals surface area contributed by atoms with Crippen LogP contribution in [0.15, 0.2) is 42.5 Å². The summed E-state index contributed by atoms with van der Waals surface area (Å²) in [7, 11) is 0. The molecule has 0 aromatic heterocycles. The number of nitrogens with two attached hydrogens (primary N) is 1. The van der Waals surface area contributed by atoms with Gasteiger partial charge in [0.2, 0.25) is 5.91 Å². The third-order valence-corrected chi connectivity index (χ3v) is 4.69. The Labute approximate surface area is 155 Å². The van der Waals surface area contributed by atoms with Crippen LogP contribution >= 0.6 is 0 Å². The standard InChI is InChI=1S/C21H27N3O2/c1-4-18-12-24(19-11-16(22)7-10-20(19)26-18)13-21(25)23-17-8-5-15(6-9-17)14(2)3/h5-11,14,18H,4,12-13,22H2,1-3H3,(H,23,25). The van der Waals surface area contributed by atoms with Gasteiger partial charge in [0.05, 0.1) is 18.8 Å². The normalized spacial score (nSPS) is 16.2. The van der Waals surface area contributed by atoms with E-state index < -0.39 is 0 Å². The van der Waals surface area contributed by atoms with Gasteiger partial charge in [0, 0.05) is 11.4 Å². The quantitative estimate of drug-likeness (QED) is 0.797. The van der Waals surface area contributed by atoms with Crippen LogP contribution in [0.25, 0.3) is 0 Å². The molecule has 1 aliphatic heterocycles. The maximum absolute atomic E-state index is 12.6. The molecule has 0 fully saturated rings. The molecule has 5 heteroatoms. The largest absolute Gasteiger partial charge is 0.486 e. The monoisotopic (exact) mass is 353 g/mol. The smallest absolute Gasteiger partial charge is 0.243 e. The Kier molecular flexibility index (Phi) is 5.35. The minimum atomic E-state index is -0.0487. The Hall–Kier alpha value is -2.69. The van der Waals surface area contributed by atoms with E-state index in [-0.39, 0.29) is 18.6 Å². The molecule has 138 valence electrons. The molecule has 1 heterocycles. The number of nitrogens with zero attached hydrogens (tertiary/aromatic N) is 1. The minimum absolute atomic E-state index is 0.0487. The average Bonchev–Trinajstić information content (AvgIpc) is 2.62. The van der Waals surface area contributed by atoms with Crippen molar-refractivity contribution in [2.45, 2.75) is 39.2 Å². The Bertz CT molecular complexity index is 771. The van der Waals surface area contributed by atoms with E-state index in [4.69, 9.17) is 10.5 Å². The van der Waals surface area contributed by atoms with Gasteiger partial charge in [-0.15, -0.1) is 0 Å². The first kappa shape index (κ1) is 18.1. The number of benzene rings is 2. The molecule has 2 aromatic carbocycles. The first-order valence-corrected chi connectivity index (χ1v) is 9.17. The van der Waals surface area contributed by atoms with Crippen LogP contribution in [-0.2, 0) is 4.79 Å². The van der Waals surface area contributed by atoms with Gasteiger partial charge >= 0.3 is 0 Å². The number of carbonyl (C=O) groups excluding carboxylic acids is 1. The Balaban J connectivity index is 1.71. The van der Waals surface area contributed by atoms with Crippen molar-refractivity contribution < 1.29 is 9.53 Å². The lowest BCUT2D eigenvalue weighted by Gasteiger charge is -2.35. The van der Waals surface area contributed by atoms with Gasteiger partial charge < -0.3 is 20.7 Å². The van der Waals surface area contributed by atoms with Crippen molar-refractivity contribution >= 4 is 23.0 Å². The van der Waals surface area contributed by atoms with Crippen LogP contribution < -0.4 is 20.7 Å². The maximum atomic E-state index is 12.6. The lowest BCUT2D eigenvalue weighted by Crippen LogP contribution is -2.43. The summed E-state index contributed by atoms with van der Waals surface area (Å²) in [4.78, 5) is 14.6. The summed E-state index contributed by atoms with van der Waals surface area (Å²) in [5.41, 5.74) is 9.53. The van der Waals surface area contributed by atoms with Gasteiger partial charge in [0.1, 0.15) is 11.9 Å². The van der Waals surface area contributed by atoms with Crippen molar-refractivity contribution in [3.8, 4) is 5.75 Å². The number of nitrogen functional groups attached to an aromatic ring is 1. The zero-order valence-electron chi connectivity index (χ0n) is 15.7. The SMILES string of the molecule is CCC1CN(CC(=O)Nc2ccc(C(C)C)cc2)c2cc(N)ccc2O1. The molecule has 1 amide bonds. The number of anilines is 3. The van der Waals surface area contributed by atoms with Gasteiger partial charge in [-0.2, -0.15) is 0 Å². The van der Waals surface area contributed by atoms with Crippen molar-refractivity contribution in [3.05, 3.63) is 48.0 Å². The van der Waals surface area contributed by atoms with Crippen molar-refractivity contribution in [1.29, 1.82) is 0 Å². The molecule has 3 rings (SSSR count). The third kappa shape index (κ3) is 4.10. The molecule has 0 spiro atoms. The topological polar surface area (TPSA) is 67.6 Å². The molecule has 0 aliphatic carbocycles. The van der Waals surface area contributed by atoms with Gasteiger partial charge in [-0.25, -0.2) is 0 Å². The van der Waals surface area contributed by atoms with Crippen LogP contribution in [0.1, 0.15) is 38.7 Å². The minimum Gasteiger partial charge on any atom is -0.486 e. The number of fused-ring (bicyclic) bond motifs is 1. The van der Waals surface area contributed by atoms with Crippen LogP contribution in [0.4, 0.5) is 17.1 Å². The maximum Gasteiger partial charge on any atom is 0.243 e. The van der Waals surface area contributed by atoms with E-state index in [1.165, 1.54) is 5.56 Å². The number of hydrogen-bond acceptors (Lipinski definition) is 4. The fraction of sp³-hybridized carbons (Fsp3) is 0.381. The summed E-state index contributed by atoms with van der Waals surface area (Å²) in [6.45, 7) is 7.33. The van der Waals surface area contributed by atoms with Crippen LogP contribution in [-0.4, -0.2) is 25.1 Å². The molecule has 5 nitrogen and oxygen atoms in total. The first-order valence-electron chi connectivity index (χ1n) is 9.17. The lowest BCUT2D eigenvalue weighted by molar-refractivity contribution is -0.115. The van der Waals surface area contributed by atoms with Gasteiger partial charge in [0.25, 0.3) is 0 Å². The van der Waals surface area contributed by atoms with Crippen molar-refractivity contribution in [1.82, 2.24) is 0 Å². The fourth-order valence-corrected chi connectivity index (χ4v) is 3.13. The zero-order chi connectivity index (χ0) is 18.7. The van der Waals surface area contributed by atoms with E-state index in [1.54, 1.807) is 0 Å². The number of ether oxygens (including phenoxy) is 1. The fourth-order valence-electron chi connectivity index (χ4n) is 3.13. The Morgan fingerprint density at radius 1 is 1.27 bits per heavy atom. The molecule has 1 atom stereocenters. The van der Waals surface area contributed by atoms with Gasteiger partial charge in [-0.3, -0.25) is 4.79 Å². The number of nitrogens with one attached hydrogen (secondary N) is 1. The van der Waals surface area contributed by atoms with E-state index in [1.807, 2.05) is 35.2 Å². The molecule has 1 unspecified atom stereocenters. The summed E-state index contributed by atoms with van der Waals surface area (Å²) in [5, 5.41) is 2.98. The second-order valence-electron chi connectivity index (χ2n) is 7.08. The van der Waals surface area contributed by atoms with E-state index >= 15 is 0 Å². The molecule has 0 radical (unpaired) electrons. The van der Waals surface area contributed by atoms with Gasteiger partial charge in [-0.05, 0) is 48.2 Å². The highest BCUT2D eigenvalue weighted by atomic mass is 16.5. The molecule has 1 aliphatic rings. The summed E-state index contributed by atoms with van der Waals surface area (Å²) < 4.78 is 5.97. The Morgan fingerprint density at radius 2 is 2.00 bits per heavy atom. The van der Waals surface area contributed by atoms with E-state index in [2.05, 4.69) is 38.2 Å². The predicted octanol–water partition coefficient (Wildman–Crippen LogP) is 4.01. The summed E-state index contributed by atoms with van der Waals surface area (Å²) in [6, 6.07) is 13.6. The average molecular weight is 353 g/mol. The van der Waals surface area contributed by atoms with Crippen molar-refractivity contribution in [3.63, 3.8) is 0 Å². The molecular weight excluding hydrogens is 326 g/mol. The number of rotatable bonds is 5. The van der Waals surface area contributed by atoms with Crippen LogP contribution in [0.3, 0.4) is 0 Å². The lowest BCUT2D eigenvalue weighted by atomic mass is 10.0. The zero-order valence-corrected chi connectivity index (χ0v) is 15.7. The van der Waals surface area contributed by atoms with Crippen molar-refractivity contribution in [2.75, 3.05) is 29.0 Å². The van der Waals surface area contributed by atoms with Crippen LogP contribution in [0, 0.1) is 0 Å². The molecule has 0 saturated carbocycles. The summed E-state index contributed by atoms with van der Waals surface area (Å²) in [6.07, 6.45) is 0.961. The van der Waals surface area contributed by atoms with E-state index in [9.17, 15) is 4.79 Å². The van der Waals surface area contributed by atoms with E-state index in [0.717, 1.165) is 23.5 Å². The third-order valence-electron chi connectivity index (χ3n) is 4.69. The first-order chi connectivity index (χ1) is 12.5. The number of carbonyl (C=O) groups is 1. The molecule has 3 N–H and O–H groups in total. The molecule has 26 heavy (non-hydrogen) atoms. The highest BCUT2D eigenvalue weighted by Gasteiger charge is 2.26. The summed E-state index contributed by atoms with van der Waals surface area (Å²) in [5.74, 6) is 1.21. The Morgan fingerprint density at radius 3 is 2.65 bits per heavy atom. The highest BCUT2D eigenvalue weighted by molar-refractivity contribution is 5.94. The van der Waals surface area contributed by atoms with Crippen LogP contribution in [0.5, 0.6) is 5.75 Å². The number of amides is 1.